The van der Waals surface area contributed by atoms with Gasteiger partial charge in [-0.05, 0) is 55.2 Å². The smallest absolute Gasteiger partial charge is 0.222 e. The minimum absolute atomic E-state index is 0.332. The van der Waals surface area contributed by atoms with Crippen molar-refractivity contribution < 1.29 is 4.79 Å². The summed E-state index contributed by atoms with van der Waals surface area (Å²) in [5, 5.41) is 3.49. The van der Waals surface area contributed by atoms with E-state index in [0.29, 0.717) is 42.0 Å². The van der Waals surface area contributed by atoms with E-state index in [1.807, 2.05) is 7.05 Å². The molecule has 2 aliphatic rings. The Bertz CT molecular complexity index is 602. The highest BCUT2D eigenvalue weighted by molar-refractivity contribution is 5.76. The molecule has 2 fully saturated rings. The third-order valence-electron chi connectivity index (χ3n) is 6.98. The lowest BCUT2D eigenvalue weighted by Gasteiger charge is -2.45. The molecule has 4 heteroatoms. The fourth-order valence-electron chi connectivity index (χ4n) is 5.52. The summed E-state index contributed by atoms with van der Waals surface area (Å²) in [7, 11) is 2.04. The van der Waals surface area contributed by atoms with Gasteiger partial charge in [0.1, 0.15) is 0 Å². The van der Waals surface area contributed by atoms with Crippen LogP contribution in [0.15, 0.2) is 30.3 Å². The maximum Gasteiger partial charge on any atom is 0.222 e. The number of carbonyl (C=O) groups excluding carboxylic acids is 1. The second-order valence-electron chi connectivity index (χ2n) is 9.42. The molecule has 4 unspecified atom stereocenters. The highest BCUT2D eigenvalue weighted by Crippen LogP contribution is 2.29. The van der Waals surface area contributed by atoms with E-state index in [2.05, 4.69) is 66.2 Å². The van der Waals surface area contributed by atoms with E-state index in [1.54, 1.807) is 0 Å². The van der Waals surface area contributed by atoms with Gasteiger partial charge in [-0.2, -0.15) is 0 Å². The lowest BCUT2D eigenvalue weighted by molar-refractivity contribution is -0.137. The second kappa shape index (κ2) is 9.89. The summed E-state index contributed by atoms with van der Waals surface area (Å²) in [5.74, 6) is 2.43. The summed E-state index contributed by atoms with van der Waals surface area (Å²) in [6.07, 6.45) is 3.19. The van der Waals surface area contributed by atoms with E-state index in [4.69, 9.17) is 0 Å². The number of rotatable bonds is 6. The zero-order chi connectivity index (χ0) is 20.1. The van der Waals surface area contributed by atoms with E-state index in [-0.39, 0.29) is 0 Å². The molecular weight excluding hydrogens is 346 g/mol. The van der Waals surface area contributed by atoms with Gasteiger partial charge in [0.15, 0.2) is 0 Å². The number of carbonyl (C=O) groups is 1. The van der Waals surface area contributed by atoms with Gasteiger partial charge in [-0.15, -0.1) is 0 Å². The van der Waals surface area contributed by atoms with Gasteiger partial charge >= 0.3 is 0 Å². The molecule has 2 saturated heterocycles. The van der Waals surface area contributed by atoms with Crippen LogP contribution in [0.1, 0.15) is 45.6 Å². The maximum atomic E-state index is 13.1. The Morgan fingerprint density at radius 3 is 2.50 bits per heavy atom. The first-order valence-corrected chi connectivity index (χ1v) is 11.2. The Hall–Kier alpha value is -1.39. The molecule has 4 nitrogen and oxygen atoms in total. The summed E-state index contributed by atoms with van der Waals surface area (Å²) < 4.78 is 0. The highest BCUT2D eigenvalue weighted by Gasteiger charge is 2.36. The van der Waals surface area contributed by atoms with Crippen molar-refractivity contribution in [1.29, 1.82) is 0 Å². The number of benzene rings is 1. The number of hydrogen-bond donors (Lipinski definition) is 1. The Morgan fingerprint density at radius 1 is 1.21 bits per heavy atom. The number of hydrogen-bond acceptors (Lipinski definition) is 3. The van der Waals surface area contributed by atoms with Crippen LogP contribution in [0.3, 0.4) is 0 Å². The molecule has 1 aromatic rings. The second-order valence-corrected chi connectivity index (χ2v) is 9.42. The minimum atomic E-state index is 0.332. The normalized spacial score (nSPS) is 30.0. The van der Waals surface area contributed by atoms with E-state index < -0.39 is 0 Å². The fraction of sp³-hybridized carbons (Fsp3) is 0.708. The predicted octanol–water partition coefficient (Wildman–Crippen LogP) is 3.63. The molecule has 0 aromatic heterocycles. The summed E-state index contributed by atoms with van der Waals surface area (Å²) in [6, 6.07) is 11.1. The highest BCUT2D eigenvalue weighted by atomic mass is 16.2. The van der Waals surface area contributed by atoms with Gasteiger partial charge in [0.05, 0.1) is 0 Å². The fourth-order valence-corrected chi connectivity index (χ4v) is 5.52. The molecule has 0 saturated carbocycles. The van der Waals surface area contributed by atoms with Crippen LogP contribution in [0.5, 0.6) is 0 Å². The van der Waals surface area contributed by atoms with Crippen LogP contribution in [0.2, 0.25) is 0 Å². The van der Waals surface area contributed by atoms with Crippen LogP contribution >= 0.6 is 0 Å². The molecule has 0 bridgehead atoms. The molecule has 1 N–H and O–H groups in total. The molecule has 0 spiro atoms. The quantitative estimate of drug-likeness (QED) is 0.812. The molecule has 2 heterocycles. The van der Waals surface area contributed by atoms with Crippen molar-refractivity contribution in [3.63, 3.8) is 0 Å². The van der Waals surface area contributed by atoms with Crippen molar-refractivity contribution in [2.75, 3.05) is 33.2 Å². The van der Waals surface area contributed by atoms with Gasteiger partial charge in [0, 0.05) is 39.1 Å². The molecule has 1 aromatic carbocycles. The molecule has 0 aliphatic carbocycles. The van der Waals surface area contributed by atoms with Crippen molar-refractivity contribution in [1.82, 2.24) is 15.1 Å². The number of amides is 1. The average molecular weight is 386 g/mol. The number of likely N-dealkylation sites (tertiary alicyclic amines) is 1. The van der Waals surface area contributed by atoms with E-state index in [9.17, 15) is 4.79 Å². The Labute approximate surface area is 171 Å². The summed E-state index contributed by atoms with van der Waals surface area (Å²) in [6.45, 7) is 12.2. The SMILES string of the molecule is CC(CC(=O)N(C)C1C(C)CN(Cc2ccccc2)CC1C)C1CCCNC1. The molecular formula is C24H39N3O. The summed E-state index contributed by atoms with van der Waals surface area (Å²) in [5.41, 5.74) is 1.37. The Kier molecular flexibility index (Phi) is 7.53. The average Bonchev–Trinajstić information content (AvgIpc) is 2.68. The first kappa shape index (κ1) is 21.3. The van der Waals surface area contributed by atoms with Crippen molar-refractivity contribution in [3.8, 4) is 0 Å². The summed E-state index contributed by atoms with van der Waals surface area (Å²) in [4.78, 5) is 17.7. The van der Waals surface area contributed by atoms with Crippen LogP contribution < -0.4 is 5.32 Å². The third kappa shape index (κ3) is 5.36. The van der Waals surface area contributed by atoms with E-state index in [0.717, 1.165) is 32.7 Å². The largest absolute Gasteiger partial charge is 0.342 e. The van der Waals surface area contributed by atoms with Gasteiger partial charge in [-0.3, -0.25) is 9.69 Å². The van der Waals surface area contributed by atoms with Gasteiger partial charge in [-0.1, -0.05) is 51.1 Å². The van der Waals surface area contributed by atoms with Crippen LogP contribution in [-0.4, -0.2) is 55.0 Å². The Balaban J connectivity index is 1.54. The number of nitrogens with zero attached hydrogens (tertiary/aromatic N) is 2. The van der Waals surface area contributed by atoms with Crippen LogP contribution in [0, 0.1) is 23.7 Å². The van der Waals surface area contributed by atoms with Crippen molar-refractivity contribution in [2.24, 2.45) is 23.7 Å². The molecule has 156 valence electrons. The van der Waals surface area contributed by atoms with Gasteiger partial charge in [0.25, 0.3) is 0 Å². The monoisotopic (exact) mass is 385 g/mol. The zero-order valence-electron chi connectivity index (χ0n) is 18.2. The number of nitrogens with one attached hydrogen (secondary N) is 1. The van der Waals surface area contributed by atoms with Gasteiger partial charge in [0.2, 0.25) is 5.91 Å². The van der Waals surface area contributed by atoms with Gasteiger partial charge < -0.3 is 10.2 Å². The minimum Gasteiger partial charge on any atom is -0.342 e. The molecule has 3 rings (SSSR count). The Morgan fingerprint density at radius 2 is 1.89 bits per heavy atom. The predicted molar refractivity (Wildman–Crippen MR) is 116 cm³/mol. The summed E-state index contributed by atoms with van der Waals surface area (Å²) >= 11 is 0. The molecule has 2 aliphatic heterocycles. The van der Waals surface area contributed by atoms with E-state index >= 15 is 0 Å². The number of piperidine rings is 2. The molecule has 0 radical (unpaired) electrons. The standard InChI is InChI=1S/C24H39N3O/c1-18(22-11-8-12-25-14-22)13-23(28)26(4)24-19(2)15-27(16-20(24)3)17-21-9-6-5-7-10-21/h5-7,9-10,18-20,22,24-25H,8,11-17H2,1-4H3. The lowest BCUT2D eigenvalue weighted by atomic mass is 9.82. The van der Waals surface area contributed by atoms with E-state index in [1.165, 1.54) is 18.4 Å². The third-order valence-corrected chi connectivity index (χ3v) is 6.98. The first-order chi connectivity index (χ1) is 13.5. The van der Waals surface area contributed by atoms with Crippen molar-refractivity contribution in [3.05, 3.63) is 35.9 Å². The topological polar surface area (TPSA) is 35.6 Å². The zero-order valence-corrected chi connectivity index (χ0v) is 18.2. The lowest BCUT2D eigenvalue weighted by Crippen LogP contribution is -2.55. The van der Waals surface area contributed by atoms with Crippen LogP contribution in [-0.2, 0) is 11.3 Å². The maximum absolute atomic E-state index is 13.1. The van der Waals surface area contributed by atoms with Crippen LogP contribution in [0.25, 0.3) is 0 Å². The van der Waals surface area contributed by atoms with Gasteiger partial charge in [-0.25, -0.2) is 0 Å². The molecule has 4 atom stereocenters. The van der Waals surface area contributed by atoms with Crippen molar-refractivity contribution >= 4 is 5.91 Å². The van der Waals surface area contributed by atoms with Crippen molar-refractivity contribution in [2.45, 2.75) is 52.6 Å². The molecule has 28 heavy (non-hydrogen) atoms. The molecule has 1 amide bonds. The van der Waals surface area contributed by atoms with Crippen LogP contribution in [0.4, 0.5) is 0 Å². The first-order valence-electron chi connectivity index (χ1n) is 11.2.